The molecule has 0 aliphatic rings. The molecule has 1 atom stereocenters. The fourth-order valence-electron chi connectivity index (χ4n) is 0.832. The van der Waals surface area contributed by atoms with Gasteiger partial charge in [-0.15, -0.1) is 0 Å². The molecule has 3 heteroatoms. The first-order valence-electron chi connectivity index (χ1n) is 3.51. The van der Waals surface area contributed by atoms with E-state index in [2.05, 4.69) is 10.3 Å². The summed E-state index contributed by atoms with van der Waals surface area (Å²) in [4.78, 5) is 3.74. The van der Waals surface area contributed by atoms with Crippen LogP contribution in [0.1, 0.15) is 18.5 Å². The summed E-state index contributed by atoms with van der Waals surface area (Å²) in [6.07, 6.45) is 2.86. The van der Waals surface area contributed by atoms with E-state index in [0.29, 0.717) is 0 Å². The minimum absolute atomic E-state index is 0.151. The standard InChI is InChI=1S/C8H11FN2/c1-6(10-2)7-3-8(9)5-11-4-7/h3-6,10H,1-2H3/t6-/m0/s1. The van der Waals surface area contributed by atoms with Gasteiger partial charge in [0.1, 0.15) is 5.82 Å². The van der Waals surface area contributed by atoms with Gasteiger partial charge in [0.05, 0.1) is 6.20 Å². The summed E-state index contributed by atoms with van der Waals surface area (Å²) in [6.45, 7) is 1.95. The first-order valence-corrected chi connectivity index (χ1v) is 3.51. The molecule has 1 aromatic heterocycles. The highest BCUT2D eigenvalue weighted by Crippen LogP contribution is 2.10. The largest absolute Gasteiger partial charge is 0.313 e. The molecule has 0 aromatic carbocycles. The Morgan fingerprint density at radius 2 is 2.27 bits per heavy atom. The van der Waals surface area contributed by atoms with E-state index in [-0.39, 0.29) is 11.9 Å². The van der Waals surface area contributed by atoms with Crippen molar-refractivity contribution in [2.45, 2.75) is 13.0 Å². The normalized spacial score (nSPS) is 13.0. The van der Waals surface area contributed by atoms with Crippen molar-refractivity contribution in [2.24, 2.45) is 0 Å². The maximum atomic E-state index is 12.6. The molecule has 0 aliphatic heterocycles. The topological polar surface area (TPSA) is 24.9 Å². The molecule has 0 spiro atoms. The average Bonchev–Trinajstić information content (AvgIpc) is 2.03. The van der Waals surface area contributed by atoms with Gasteiger partial charge < -0.3 is 5.32 Å². The summed E-state index contributed by atoms with van der Waals surface area (Å²) >= 11 is 0. The highest BCUT2D eigenvalue weighted by Gasteiger charge is 2.02. The number of pyridine rings is 1. The zero-order valence-corrected chi connectivity index (χ0v) is 6.63. The zero-order valence-electron chi connectivity index (χ0n) is 6.63. The molecule has 0 fully saturated rings. The number of nitrogens with zero attached hydrogens (tertiary/aromatic N) is 1. The lowest BCUT2D eigenvalue weighted by Crippen LogP contribution is -2.12. The van der Waals surface area contributed by atoms with Crippen molar-refractivity contribution in [1.29, 1.82) is 0 Å². The van der Waals surface area contributed by atoms with Crippen LogP contribution in [0.3, 0.4) is 0 Å². The van der Waals surface area contributed by atoms with Crippen molar-refractivity contribution in [3.8, 4) is 0 Å². The first-order chi connectivity index (χ1) is 5.24. The number of halogens is 1. The van der Waals surface area contributed by atoms with Crippen molar-refractivity contribution in [3.63, 3.8) is 0 Å². The number of hydrogen-bond acceptors (Lipinski definition) is 2. The van der Waals surface area contributed by atoms with E-state index in [9.17, 15) is 4.39 Å². The molecular formula is C8H11FN2. The van der Waals surface area contributed by atoms with E-state index >= 15 is 0 Å². The molecule has 11 heavy (non-hydrogen) atoms. The van der Waals surface area contributed by atoms with Gasteiger partial charge in [-0.25, -0.2) is 4.39 Å². The van der Waals surface area contributed by atoms with Crippen LogP contribution in [-0.4, -0.2) is 12.0 Å². The maximum Gasteiger partial charge on any atom is 0.141 e. The molecule has 60 valence electrons. The van der Waals surface area contributed by atoms with Crippen molar-refractivity contribution in [1.82, 2.24) is 10.3 Å². The van der Waals surface area contributed by atoms with Crippen molar-refractivity contribution in [3.05, 3.63) is 29.8 Å². The molecule has 0 bridgehead atoms. The molecule has 0 unspecified atom stereocenters. The molecule has 1 N–H and O–H groups in total. The van der Waals surface area contributed by atoms with Crippen LogP contribution in [0.5, 0.6) is 0 Å². The highest BCUT2D eigenvalue weighted by atomic mass is 19.1. The van der Waals surface area contributed by atoms with Crippen LogP contribution >= 0.6 is 0 Å². The van der Waals surface area contributed by atoms with Gasteiger partial charge in [-0.1, -0.05) is 0 Å². The van der Waals surface area contributed by atoms with E-state index in [1.807, 2.05) is 14.0 Å². The van der Waals surface area contributed by atoms with E-state index in [0.717, 1.165) is 5.56 Å². The molecule has 1 rings (SSSR count). The van der Waals surface area contributed by atoms with Crippen LogP contribution in [0.2, 0.25) is 0 Å². The van der Waals surface area contributed by atoms with Crippen LogP contribution < -0.4 is 5.32 Å². The average molecular weight is 154 g/mol. The Morgan fingerprint density at radius 3 is 2.82 bits per heavy atom. The van der Waals surface area contributed by atoms with Gasteiger partial charge in [0.2, 0.25) is 0 Å². The van der Waals surface area contributed by atoms with Gasteiger partial charge in [0.15, 0.2) is 0 Å². The second-order valence-corrected chi connectivity index (χ2v) is 2.45. The van der Waals surface area contributed by atoms with Gasteiger partial charge in [-0.05, 0) is 25.6 Å². The fourth-order valence-corrected chi connectivity index (χ4v) is 0.832. The quantitative estimate of drug-likeness (QED) is 0.698. The summed E-state index contributed by atoms with van der Waals surface area (Å²) in [5, 5.41) is 3.00. The molecule has 2 nitrogen and oxygen atoms in total. The van der Waals surface area contributed by atoms with E-state index < -0.39 is 0 Å². The minimum Gasteiger partial charge on any atom is -0.313 e. The van der Waals surface area contributed by atoms with Crippen molar-refractivity contribution < 1.29 is 4.39 Å². The Balaban J connectivity index is 2.86. The predicted octanol–water partition coefficient (Wildman–Crippen LogP) is 1.50. The van der Waals surface area contributed by atoms with Gasteiger partial charge in [-0.2, -0.15) is 0 Å². The molecule has 0 saturated heterocycles. The van der Waals surface area contributed by atoms with E-state index in [1.54, 1.807) is 6.20 Å². The van der Waals surface area contributed by atoms with Crippen molar-refractivity contribution >= 4 is 0 Å². The Labute approximate surface area is 65.5 Å². The third-order valence-electron chi connectivity index (χ3n) is 1.66. The predicted molar refractivity (Wildman–Crippen MR) is 41.7 cm³/mol. The summed E-state index contributed by atoms with van der Waals surface area (Å²) in [5.74, 6) is -0.287. The van der Waals surface area contributed by atoms with E-state index in [1.165, 1.54) is 12.3 Å². The van der Waals surface area contributed by atoms with Crippen LogP contribution in [-0.2, 0) is 0 Å². The maximum absolute atomic E-state index is 12.6. The molecule has 0 saturated carbocycles. The number of rotatable bonds is 2. The number of aromatic nitrogens is 1. The lowest BCUT2D eigenvalue weighted by Gasteiger charge is -2.08. The van der Waals surface area contributed by atoms with E-state index in [4.69, 9.17) is 0 Å². The van der Waals surface area contributed by atoms with Gasteiger partial charge in [0.25, 0.3) is 0 Å². The highest BCUT2D eigenvalue weighted by molar-refractivity contribution is 5.13. The van der Waals surface area contributed by atoms with Crippen LogP contribution in [0, 0.1) is 5.82 Å². The first kappa shape index (κ1) is 8.14. The molecular weight excluding hydrogens is 143 g/mol. The van der Waals surface area contributed by atoms with Crippen molar-refractivity contribution in [2.75, 3.05) is 7.05 Å². The molecule has 0 amide bonds. The number of hydrogen-bond donors (Lipinski definition) is 1. The monoisotopic (exact) mass is 154 g/mol. The number of nitrogens with one attached hydrogen (secondary N) is 1. The van der Waals surface area contributed by atoms with Crippen LogP contribution in [0.25, 0.3) is 0 Å². The summed E-state index contributed by atoms with van der Waals surface area (Å²) < 4.78 is 12.6. The summed E-state index contributed by atoms with van der Waals surface area (Å²) in [6, 6.07) is 1.63. The van der Waals surface area contributed by atoms with Crippen LogP contribution in [0.4, 0.5) is 4.39 Å². The summed E-state index contributed by atoms with van der Waals surface area (Å²) in [5.41, 5.74) is 0.868. The fraction of sp³-hybridized carbons (Fsp3) is 0.375. The molecule has 1 aromatic rings. The Hall–Kier alpha value is -0.960. The molecule has 0 aliphatic carbocycles. The zero-order chi connectivity index (χ0) is 8.27. The van der Waals surface area contributed by atoms with Gasteiger partial charge >= 0.3 is 0 Å². The van der Waals surface area contributed by atoms with Crippen LogP contribution in [0.15, 0.2) is 18.5 Å². The minimum atomic E-state index is -0.287. The third-order valence-corrected chi connectivity index (χ3v) is 1.66. The Morgan fingerprint density at radius 1 is 1.55 bits per heavy atom. The SMILES string of the molecule is CN[C@@H](C)c1cncc(F)c1. The molecule has 0 radical (unpaired) electrons. The van der Waals surface area contributed by atoms with Gasteiger partial charge in [0, 0.05) is 12.2 Å². The Bertz CT molecular complexity index is 237. The lowest BCUT2D eigenvalue weighted by atomic mass is 10.1. The third kappa shape index (κ3) is 1.98. The second kappa shape index (κ2) is 3.44. The summed E-state index contributed by atoms with van der Waals surface area (Å²) in [7, 11) is 1.83. The smallest absolute Gasteiger partial charge is 0.141 e. The lowest BCUT2D eigenvalue weighted by molar-refractivity contribution is 0.600. The van der Waals surface area contributed by atoms with Gasteiger partial charge in [-0.3, -0.25) is 4.98 Å². The molecule has 1 heterocycles. The Kier molecular flexibility index (Phi) is 2.54. The second-order valence-electron chi connectivity index (χ2n) is 2.45.